The second-order valence-corrected chi connectivity index (χ2v) is 5.16. The molecule has 0 radical (unpaired) electrons. The Morgan fingerprint density at radius 1 is 0.800 bits per heavy atom. The van der Waals surface area contributed by atoms with E-state index in [1.54, 1.807) is 0 Å². The van der Waals surface area contributed by atoms with Crippen molar-refractivity contribution in [2.45, 2.75) is 64.7 Å². The molecule has 0 bridgehead atoms. The van der Waals surface area contributed by atoms with Crippen molar-refractivity contribution in [3.63, 3.8) is 0 Å². The zero-order valence-corrected chi connectivity index (χ0v) is 12.9. The monoisotopic (exact) mass is 285 g/mol. The average Bonchev–Trinajstić information content (AvgIpc) is 2.46. The van der Waals surface area contributed by atoms with Gasteiger partial charge in [0, 0.05) is 6.54 Å². The van der Waals surface area contributed by atoms with Crippen molar-refractivity contribution in [1.29, 1.82) is 0 Å². The highest BCUT2D eigenvalue weighted by molar-refractivity contribution is 5.85. The summed E-state index contributed by atoms with van der Waals surface area (Å²) in [5.74, 6) is -0.449. The van der Waals surface area contributed by atoms with Crippen LogP contribution in [0.2, 0.25) is 0 Å². The largest absolute Gasteiger partial charge is 0.355 e. The fourth-order valence-electron chi connectivity index (χ4n) is 1.98. The number of hydrogen-bond acceptors (Lipinski definition) is 3. The lowest BCUT2D eigenvalue weighted by atomic mass is 10.1. The van der Waals surface area contributed by atoms with Gasteiger partial charge in [-0.05, 0) is 6.42 Å². The van der Waals surface area contributed by atoms with Gasteiger partial charge < -0.3 is 16.4 Å². The molecular formula is C15H31N3O2. The van der Waals surface area contributed by atoms with Crippen LogP contribution < -0.4 is 16.4 Å². The molecule has 0 aliphatic heterocycles. The van der Waals surface area contributed by atoms with Crippen LogP contribution in [0, 0.1) is 0 Å². The van der Waals surface area contributed by atoms with Crippen LogP contribution in [0.1, 0.15) is 64.7 Å². The van der Waals surface area contributed by atoms with Gasteiger partial charge in [-0.3, -0.25) is 9.59 Å². The van der Waals surface area contributed by atoms with Gasteiger partial charge in [0.15, 0.2) is 0 Å². The summed E-state index contributed by atoms with van der Waals surface area (Å²) >= 11 is 0. The molecule has 2 amide bonds. The lowest BCUT2D eigenvalue weighted by molar-refractivity contribution is -0.125. The number of carbonyl (C=O) groups is 2. The van der Waals surface area contributed by atoms with Crippen molar-refractivity contribution in [1.82, 2.24) is 10.6 Å². The van der Waals surface area contributed by atoms with Crippen LogP contribution >= 0.6 is 0 Å². The zero-order chi connectivity index (χ0) is 15.1. The quantitative estimate of drug-likeness (QED) is 0.450. The average molecular weight is 285 g/mol. The molecule has 118 valence electrons. The first-order valence-corrected chi connectivity index (χ1v) is 7.94. The summed E-state index contributed by atoms with van der Waals surface area (Å²) in [6.45, 7) is 2.86. The first-order chi connectivity index (χ1) is 9.70. The van der Waals surface area contributed by atoms with Gasteiger partial charge in [0.1, 0.15) is 0 Å². The molecule has 4 N–H and O–H groups in total. The van der Waals surface area contributed by atoms with Gasteiger partial charge >= 0.3 is 0 Å². The highest BCUT2D eigenvalue weighted by Gasteiger charge is 2.02. The zero-order valence-electron chi connectivity index (χ0n) is 12.9. The summed E-state index contributed by atoms with van der Waals surface area (Å²) in [6.07, 6.45) is 11.4. The molecule has 0 saturated heterocycles. The Morgan fingerprint density at radius 3 is 1.90 bits per heavy atom. The highest BCUT2D eigenvalue weighted by atomic mass is 16.2. The lowest BCUT2D eigenvalue weighted by Gasteiger charge is -2.06. The predicted octanol–water partition coefficient (Wildman–Crippen LogP) is 1.71. The van der Waals surface area contributed by atoms with Crippen molar-refractivity contribution < 1.29 is 9.59 Å². The smallest absolute Gasteiger partial charge is 0.239 e. The van der Waals surface area contributed by atoms with Crippen molar-refractivity contribution >= 4 is 11.8 Å². The number of hydrogen-bond donors (Lipinski definition) is 3. The number of amides is 2. The van der Waals surface area contributed by atoms with Gasteiger partial charge in [-0.25, -0.2) is 0 Å². The van der Waals surface area contributed by atoms with Crippen LogP contribution in [0.5, 0.6) is 0 Å². The van der Waals surface area contributed by atoms with Crippen molar-refractivity contribution in [3.05, 3.63) is 0 Å². The van der Waals surface area contributed by atoms with Crippen molar-refractivity contribution in [3.8, 4) is 0 Å². The molecule has 5 nitrogen and oxygen atoms in total. The Hall–Kier alpha value is -1.10. The first kappa shape index (κ1) is 18.9. The standard InChI is InChI=1S/C15H31N3O2/c1-2-3-4-5-6-7-8-9-10-11-17-15(20)13-18-14(19)12-16/h2-13,16H2,1H3,(H,17,20)(H,18,19). The molecule has 0 aromatic carbocycles. The minimum atomic E-state index is -0.303. The Morgan fingerprint density at radius 2 is 1.35 bits per heavy atom. The molecular weight excluding hydrogens is 254 g/mol. The van der Waals surface area contributed by atoms with Gasteiger partial charge in [-0.1, -0.05) is 58.3 Å². The molecule has 0 aliphatic rings. The topological polar surface area (TPSA) is 84.2 Å². The molecule has 0 unspecified atom stereocenters. The third-order valence-electron chi connectivity index (χ3n) is 3.23. The Kier molecular flexibility index (Phi) is 13.5. The van der Waals surface area contributed by atoms with Gasteiger partial charge in [-0.15, -0.1) is 0 Å². The molecule has 0 aliphatic carbocycles. The molecule has 0 spiro atoms. The van der Waals surface area contributed by atoms with E-state index in [1.807, 2.05) is 0 Å². The van der Waals surface area contributed by atoms with E-state index in [2.05, 4.69) is 17.6 Å². The number of nitrogens with one attached hydrogen (secondary N) is 2. The summed E-state index contributed by atoms with van der Waals surface area (Å²) in [5.41, 5.74) is 5.12. The summed E-state index contributed by atoms with van der Waals surface area (Å²) in [4.78, 5) is 22.2. The van der Waals surface area contributed by atoms with Crippen LogP contribution in [0.25, 0.3) is 0 Å². The first-order valence-electron chi connectivity index (χ1n) is 7.94. The fraction of sp³-hybridized carbons (Fsp3) is 0.867. The number of carbonyl (C=O) groups excluding carboxylic acids is 2. The predicted molar refractivity (Wildman–Crippen MR) is 82.3 cm³/mol. The van der Waals surface area contributed by atoms with Crippen LogP contribution in [-0.4, -0.2) is 31.4 Å². The van der Waals surface area contributed by atoms with E-state index in [-0.39, 0.29) is 24.9 Å². The van der Waals surface area contributed by atoms with E-state index in [1.165, 1.54) is 44.9 Å². The summed E-state index contributed by atoms with van der Waals surface area (Å²) in [5, 5.41) is 5.23. The van der Waals surface area contributed by atoms with E-state index in [0.717, 1.165) is 12.8 Å². The maximum atomic E-state index is 11.3. The van der Waals surface area contributed by atoms with E-state index in [4.69, 9.17) is 5.73 Å². The molecule has 0 rings (SSSR count). The second-order valence-electron chi connectivity index (χ2n) is 5.16. The van der Waals surface area contributed by atoms with Crippen LogP contribution in [0.3, 0.4) is 0 Å². The van der Waals surface area contributed by atoms with Crippen LogP contribution in [0.4, 0.5) is 0 Å². The number of rotatable bonds is 13. The van der Waals surface area contributed by atoms with E-state index < -0.39 is 0 Å². The minimum absolute atomic E-state index is 0.0213. The summed E-state index contributed by atoms with van der Waals surface area (Å²) in [6, 6.07) is 0. The van der Waals surface area contributed by atoms with Crippen LogP contribution in [0.15, 0.2) is 0 Å². The van der Waals surface area contributed by atoms with Crippen molar-refractivity contribution in [2.24, 2.45) is 5.73 Å². The van der Waals surface area contributed by atoms with E-state index >= 15 is 0 Å². The molecule has 20 heavy (non-hydrogen) atoms. The molecule has 0 aromatic heterocycles. The normalized spacial score (nSPS) is 10.3. The highest BCUT2D eigenvalue weighted by Crippen LogP contribution is 2.09. The number of nitrogens with two attached hydrogens (primary N) is 1. The third kappa shape index (κ3) is 13.3. The fourth-order valence-corrected chi connectivity index (χ4v) is 1.98. The summed E-state index contributed by atoms with van der Waals surface area (Å²) in [7, 11) is 0. The number of unbranched alkanes of at least 4 members (excludes halogenated alkanes) is 8. The lowest BCUT2D eigenvalue weighted by Crippen LogP contribution is -2.39. The molecule has 0 atom stereocenters. The minimum Gasteiger partial charge on any atom is -0.355 e. The van der Waals surface area contributed by atoms with Gasteiger partial charge in [0.25, 0.3) is 0 Å². The van der Waals surface area contributed by atoms with Gasteiger partial charge in [-0.2, -0.15) is 0 Å². The molecule has 0 fully saturated rings. The Bertz CT molecular complexity index is 258. The summed E-state index contributed by atoms with van der Waals surface area (Å²) < 4.78 is 0. The molecule has 0 saturated carbocycles. The van der Waals surface area contributed by atoms with E-state index in [0.29, 0.717) is 6.54 Å². The van der Waals surface area contributed by atoms with Crippen LogP contribution in [-0.2, 0) is 9.59 Å². The molecule has 5 heteroatoms. The maximum Gasteiger partial charge on any atom is 0.239 e. The maximum absolute atomic E-state index is 11.3. The van der Waals surface area contributed by atoms with E-state index in [9.17, 15) is 9.59 Å². The Labute approximate surface area is 123 Å². The van der Waals surface area contributed by atoms with Gasteiger partial charge in [0.2, 0.25) is 11.8 Å². The Balaban J connectivity index is 3.19. The molecule has 0 aromatic rings. The SMILES string of the molecule is CCCCCCCCCCCNC(=O)CNC(=O)CN. The second kappa shape index (κ2) is 14.3. The third-order valence-corrected chi connectivity index (χ3v) is 3.23. The van der Waals surface area contributed by atoms with Gasteiger partial charge in [0.05, 0.1) is 13.1 Å². The van der Waals surface area contributed by atoms with Crippen molar-refractivity contribution in [2.75, 3.05) is 19.6 Å². The molecule has 0 heterocycles.